The summed E-state index contributed by atoms with van der Waals surface area (Å²) in [5.41, 5.74) is 2.10. The van der Waals surface area contributed by atoms with Gasteiger partial charge in [-0.2, -0.15) is 5.10 Å². The van der Waals surface area contributed by atoms with Crippen molar-refractivity contribution in [3.05, 3.63) is 24.0 Å². The average molecular weight is 240 g/mol. The first-order chi connectivity index (χ1) is 7.58. The van der Waals surface area contributed by atoms with Crippen molar-refractivity contribution in [1.82, 2.24) is 14.7 Å². The maximum atomic E-state index is 11.1. The highest BCUT2D eigenvalue weighted by Crippen LogP contribution is 2.17. The van der Waals surface area contributed by atoms with Gasteiger partial charge in [0.25, 0.3) is 0 Å². The van der Waals surface area contributed by atoms with Crippen LogP contribution in [0, 0.1) is 0 Å². The van der Waals surface area contributed by atoms with Crippen LogP contribution in [0.5, 0.6) is 0 Å². The molecule has 0 saturated carbocycles. The average Bonchev–Trinajstić information content (AvgIpc) is 2.50. The van der Waals surface area contributed by atoms with E-state index in [-0.39, 0.29) is 0 Å². The van der Waals surface area contributed by atoms with Gasteiger partial charge in [-0.05, 0) is 19.4 Å². The molecule has 6 heteroatoms. The fraction of sp³-hybridized carbons (Fsp3) is 0.500. The Morgan fingerprint density at radius 1 is 1.62 bits per heavy atom. The highest BCUT2D eigenvalue weighted by atomic mass is 32.2. The zero-order valence-electron chi connectivity index (χ0n) is 9.35. The normalized spacial score (nSPS) is 17.8. The summed E-state index contributed by atoms with van der Waals surface area (Å²) in [5.74, 6) is 0. The molecule has 0 radical (unpaired) electrons. The van der Waals surface area contributed by atoms with Gasteiger partial charge in [-0.25, -0.2) is 9.35 Å². The lowest BCUT2D eigenvalue weighted by Crippen LogP contribution is -2.20. The molecule has 0 saturated heterocycles. The molecule has 2 rings (SSSR count). The molecule has 0 fully saturated rings. The molecule has 2 N–H and O–H groups in total. The lowest BCUT2D eigenvalue weighted by Gasteiger charge is -2.21. The standard InChI is InChI=1S/C10H16N4OS/c1-8(2)13-4-3-5-14-9(7-13)6-10(12-14)16(11)15/h6H,1,3-5,7,11H2,2H3. The Hall–Kier alpha value is -1.14. The van der Waals surface area contributed by atoms with E-state index >= 15 is 0 Å². The molecule has 1 aliphatic rings. The molecule has 1 aromatic rings. The van der Waals surface area contributed by atoms with Crippen LogP contribution in [0.1, 0.15) is 19.0 Å². The van der Waals surface area contributed by atoms with Crippen molar-refractivity contribution in [1.29, 1.82) is 0 Å². The highest BCUT2D eigenvalue weighted by Gasteiger charge is 2.17. The predicted octanol–water partition coefficient (Wildman–Crippen LogP) is 0.604. The van der Waals surface area contributed by atoms with E-state index in [1.807, 2.05) is 17.7 Å². The van der Waals surface area contributed by atoms with Crippen LogP contribution in [0.15, 0.2) is 23.4 Å². The number of nitrogens with zero attached hydrogens (tertiary/aromatic N) is 3. The van der Waals surface area contributed by atoms with Gasteiger partial charge in [0.1, 0.15) is 11.0 Å². The molecule has 2 heterocycles. The summed E-state index contributed by atoms with van der Waals surface area (Å²) in [4.78, 5) is 2.20. The first-order valence-corrected chi connectivity index (χ1v) is 6.42. The minimum atomic E-state index is -1.49. The topological polar surface area (TPSA) is 64.2 Å². The molecular weight excluding hydrogens is 224 g/mol. The van der Waals surface area contributed by atoms with Crippen molar-refractivity contribution in [2.75, 3.05) is 6.54 Å². The maximum absolute atomic E-state index is 11.1. The molecule has 0 spiro atoms. The molecule has 5 nitrogen and oxygen atoms in total. The zero-order valence-corrected chi connectivity index (χ0v) is 10.2. The third-order valence-electron chi connectivity index (χ3n) is 2.74. The van der Waals surface area contributed by atoms with E-state index in [1.54, 1.807) is 0 Å². The second-order valence-electron chi connectivity index (χ2n) is 4.00. The van der Waals surface area contributed by atoms with Crippen LogP contribution in [-0.4, -0.2) is 25.4 Å². The lowest BCUT2D eigenvalue weighted by molar-refractivity contribution is 0.344. The van der Waals surface area contributed by atoms with Crippen LogP contribution in [0.4, 0.5) is 0 Å². The third-order valence-corrected chi connectivity index (χ3v) is 3.35. The molecule has 1 aromatic heterocycles. The Kier molecular flexibility index (Phi) is 3.11. The molecule has 0 amide bonds. The monoisotopic (exact) mass is 240 g/mol. The third kappa shape index (κ3) is 2.17. The number of hydrogen-bond acceptors (Lipinski definition) is 3. The van der Waals surface area contributed by atoms with Gasteiger partial charge in [0.15, 0.2) is 5.03 Å². The second-order valence-corrected chi connectivity index (χ2v) is 5.02. The number of fused-ring (bicyclic) bond motifs is 1. The Bertz CT molecular complexity index is 440. The molecule has 1 unspecified atom stereocenters. The van der Waals surface area contributed by atoms with Crippen LogP contribution in [0.2, 0.25) is 0 Å². The van der Waals surface area contributed by atoms with Gasteiger partial charge in [0.2, 0.25) is 0 Å². The van der Waals surface area contributed by atoms with E-state index in [9.17, 15) is 4.21 Å². The fourth-order valence-corrected chi connectivity index (χ4v) is 2.29. The minimum absolute atomic E-state index is 0.457. The van der Waals surface area contributed by atoms with Crippen LogP contribution in [-0.2, 0) is 24.1 Å². The summed E-state index contributed by atoms with van der Waals surface area (Å²) in [6.45, 7) is 8.53. The van der Waals surface area contributed by atoms with E-state index in [2.05, 4.69) is 16.6 Å². The number of aryl methyl sites for hydroxylation is 1. The zero-order chi connectivity index (χ0) is 11.7. The molecule has 0 aliphatic carbocycles. The Balaban J connectivity index is 2.28. The number of hydrogen-bond donors (Lipinski definition) is 1. The van der Waals surface area contributed by atoms with Crippen LogP contribution >= 0.6 is 0 Å². The summed E-state index contributed by atoms with van der Waals surface area (Å²) in [6.07, 6.45) is 1.01. The van der Waals surface area contributed by atoms with Crippen molar-refractivity contribution >= 4 is 11.0 Å². The SMILES string of the molecule is C=C(C)N1CCCn2nc(S(N)=O)cc2C1. The van der Waals surface area contributed by atoms with Crippen molar-refractivity contribution in [3.8, 4) is 0 Å². The number of allylic oxidation sites excluding steroid dienone is 1. The predicted molar refractivity (Wildman–Crippen MR) is 62.7 cm³/mol. The van der Waals surface area contributed by atoms with E-state index in [0.717, 1.165) is 37.4 Å². The van der Waals surface area contributed by atoms with E-state index in [4.69, 9.17) is 5.14 Å². The van der Waals surface area contributed by atoms with Crippen molar-refractivity contribution < 1.29 is 4.21 Å². The lowest BCUT2D eigenvalue weighted by atomic mass is 10.3. The van der Waals surface area contributed by atoms with Crippen LogP contribution in [0.3, 0.4) is 0 Å². The van der Waals surface area contributed by atoms with Gasteiger partial charge in [0.05, 0.1) is 12.2 Å². The van der Waals surface area contributed by atoms with Gasteiger partial charge >= 0.3 is 0 Å². The molecule has 0 aromatic carbocycles. The molecule has 1 atom stereocenters. The molecule has 16 heavy (non-hydrogen) atoms. The van der Waals surface area contributed by atoms with Crippen LogP contribution in [0.25, 0.3) is 0 Å². The van der Waals surface area contributed by atoms with Gasteiger partial charge < -0.3 is 4.90 Å². The van der Waals surface area contributed by atoms with E-state index < -0.39 is 11.0 Å². The largest absolute Gasteiger partial charge is 0.370 e. The summed E-state index contributed by atoms with van der Waals surface area (Å²) >= 11 is 0. The first-order valence-electron chi connectivity index (χ1n) is 5.21. The summed E-state index contributed by atoms with van der Waals surface area (Å²) in [7, 11) is -1.49. The van der Waals surface area contributed by atoms with E-state index in [1.165, 1.54) is 0 Å². The fourth-order valence-electron chi connectivity index (χ4n) is 1.86. The highest BCUT2D eigenvalue weighted by molar-refractivity contribution is 7.82. The first kappa shape index (κ1) is 11.3. The second kappa shape index (κ2) is 4.39. The summed E-state index contributed by atoms with van der Waals surface area (Å²) in [5, 5.41) is 10.0. The van der Waals surface area contributed by atoms with Crippen LogP contribution < -0.4 is 5.14 Å². The van der Waals surface area contributed by atoms with Crippen molar-refractivity contribution in [3.63, 3.8) is 0 Å². The Morgan fingerprint density at radius 2 is 2.38 bits per heavy atom. The van der Waals surface area contributed by atoms with Crippen molar-refractivity contribution in [2.45, 2.75) is 31.5 Å². The smallest absolute Gasteiger partial charge is 0.164 e. The number of rotatable bonds is 2. The summed E-state index contributed by atoms with van der Waals surface area (Å²) in [6, 6.07) is 1.82. The van der Waals surface area contributed by atoms with Gasteiger partial charge in [-0.1, -0.05) is 6.58 Å². The molecule has 88 valence electrons. The minimum Gasteiger partial charge on any atom is -0.370 e. The Morgan fingerprint density at radius 3 is 3.00 bits per heavy atom. The number of aromatic nitrogens is 2. The van der Waals surface area contributed by atoms with Crippen molar-refractivity contribution in [2.24, 2.45) is 5.14 Å². The Labute approximate surface area is 97.5 Å². The van der Waals surface area contributed by atoms with Gasteiger partial charge in [-0.15, -0.1) is 0 Å². The van der Waals surface area contributed by atoms with Gasteiger partial charge in [-0.3, -0.25) is 4.68 Å². The molecule has 0 bridgehead atoms. The summed E-state index contributed by atoms with van der Waals surface area (Å²) < 4.78 is 13.0. The van der Waals surface area contributed by atoms with E-state index in [0.29, 0.717) is 5.03 Å². The quantitative estimate of drug-likeness (QED) is 0.823. The maximum Gasteiger partial charge on any atom is 0.164 e. The number of nitrogens with two attached hydrogens (primary N) is 1. The molecule has 1 aliphatic heterocycles. The molecular formula is C10H16N4OS. The van der Waals surface area contributed by atoms with Gasteiger partial charge in [0, 0.05) is 18.8 Å².